The van der Waals surface area contributed by atoms with Gasteiger partial charge in [0.25, 0.3) is 0 Å². The second-order valence-corrected chi connectivity index (χ2v) is 7.72. The van der Waals surface area contributed by atoms with Gasteiger partial charge < -0.3 is 4.90 Å². The minimum Gasteiger partial charge on any atom is -0.367 e. The van der Waals surface area contributed by atoms with E-state index < -0.39 is 0 Å². The summed E-state index contributed by atoms with van der Waals surface area (Å²) in [5.41, 5.74) is 4.34. The van der Waals surface area contributed by atoms with Crippen molar-refractivity contribution in [1.82, 2.24) is 9.80 Å². The van der Waals surface area contributed by atoms with E-state index in [0.717, 1.165) is 39.3 Å². The van der Waals surface area contributed by atoms with E-state index in [-0.39, 0.29) is 0 Å². The molecule has 2 aromatic rings. The first-order valence-corrected chi connectivity index (χ1v) is 9.55. The Hall–Kier alpha value is -1.84. The number of nitrogens with zero attached hydrogens (tertiary/aromatic N) is 3. The zero-order valence-electron chi connectivity index (χ0n) is 15.4. The van der Waals surface area contributed by atoms with Crippen LogP contribution in [0.25, 0.3) is 0 Å². The molecule has 0 aromatic heterocycles. The van der Waals surface area contributed by atoms with Gasteiger partial charge in [-0.15, -0.1) is 0 Å². The highest BCUT2D eigenvalue weighted by atomic mass is 15.3. The Balaban J connectivity index is 1.52. The van der Waals surface area contributed by atoms with Gasteiger partial charge in [0.15, 0.2) is 0 Å². The Labute approximate surface area is 151 Å². The lowest BCUT2D eigenvalue weighted by Gasteiger charge is -2.42. The number of fused-ring (bicyclic) bond motifs is 2. The van der Waals surface area contributed by atoms with Crippen LogP contribution in [-0.4, -0.2) is 48.1 Å². The number of hydrogen-bond acceptors (Lipinski definition) is 3. The lowest BCUT2D eigenvalue weighted by Crippen LogP contribution is -2.55. The topological polar surface area (TPSA) is 9.72 Å². The number of para-hydroxylation sites is 1. The minimum atomic E-state index is 0.533. The Kier molecular flexibility index (Phi) is 4.78. The van der Waals surface area contributed by atoms with Crippen molar-refractivity contribution >= 4 is 5.69 Å². The van der Waals surface area contributed by atoms with Crippen LogP contribution in [0, 0.1) is 0 Å². The summed E-state index contributed by atoms with van der Waals surface area (Å²) in [6.07, 6.45) is 0. The molecule has 0 amide bonds. The summed E-state index contributed by atoms with van der Waals surface area (Å²) in [5.74, 6) is 0. The molecule has 3 heteroatoms. The molecule has 1 fully saturated rings. The van der Waals surface area contributed by atoms with E-state index in [0.29, 0.717) is 12.1 Å². The summed E-state index contributed by atoms with van der Waals surface area (Å²) in [6.45, 7) is 11.4. The minimum absolute atomic E-state index is 0.533. The number of piperazine rings is 1. The van der Waals surface area contributed by atoms with Gasteiger partial charge in [-0.25, -0.2) is 0 Å². The summed E-state index contributed by atoms with van der Waals surface area (Å²) < 4.78 is 0. The predicted octanol–water partition coefficient (Wildman–Crippen LogP) is 3.60. The van der Waals surface area contributed by atoms with Crippen LogP contribution in [0.15, 0.2) is 54.6 Å². The van der Waals surface area contributed by atoms with Crippen molar-refractivity contribution in [3.63, 3.8) is 0 Å². The van der Waals surface area contributed by atoms with E-state index in [1.807, 2.05) is 0 Å². The van der Waals surface area contributed by atoms with Crippen molar-refractivity contribution in [2.24, 2.45) is 0 Å². The molecule has 0 aliphatic carbocycles. The average molecular weight is 335 g/mol. The van der Waals surface area contributed by atoms with Crippen LogP contribution in [0.1, 0.15) is 25.0 Å². The van der Waals surface area contributed by atoms with Crippen LogP contribution >= 0.6 is 0 Å². The third kappa shape index (κ3) is 3.58. The highest BCUT2D eigenvalue weighted by molar-refractivity contribution is 5.55. The van der Waals surface area contributed by atoms with Crippen molar-refractivity contribution < 1.29 is 0 Å². The van der Waals surface area contributed by atoms with Gasteiger partial charge in [0.05, 0.1) is 0 Å². The maximum Gasteiger partial charge on any atom is 0.0414 e. The number of benzene rings is 2. The maximum atomic E-state index is 2.70. The molecule has 1 unspecified atom stereocenters. The van der Waals surface area contributed by atoms with E-state index in [4.69, 9.17) is 0 Å². The van der Waals surface area contributed by atoms with Crippen LogP contribution in [0.5, 0.6) is 0 Å². The SMILES string of the molecule is CC(C)N1CC2CN(Cc3ccccc3)CCN2Cc2ccccc21. The Morgan fingerprint density at radius 1 is 0.920 bits per heavy atom. The van der Waals surface area contributed by atoms with Gasteiger partial charge in [-0.2, -0.15) is 0 Å². The van der Waals surface area contributed by atoms with Gasteiger partial charge in [0.2, 0.25) is 0 Å². The van der Waals surface area contributed by atoms with Gasteiger partial charge >= 0.3 is 0 Å². The summed E-state index contributed by atoms with van der Waals surface area (Å²) in [5, 5.41) is 0. The van der Waals surface area contributed by atoms with Gasteiger partial charge in [-0.3, -0.25) is 9.80 Å². The molecule has 2 aliphatic heterocycles. The van der Waals surface area contributed by atoms with Crippen molar-refractivity contribution in [1.29, 1.82) is 0 Å². The van der Waals surface area contributed by atoms with Gasteiger partial charge in [-0.05, 0) is 31.0 Å². The number of anilines is 1. The third-order valence-electron chi connectivity index (χ3n) is 5.64. The maximum absolute atomic E-state index is 2.70. The molecule has 0 bridgehead atoms. The molecule has 1 saturated heterocycles. The molecular formula is C22H29N3. The zero-order chi connectivity index (χ0) is 17.2. The van der Waals surface area contributed by atoms with Gasteiger partial charge in [0.1, 0.15) is 0 Å². The molecule has 2 aromatic carbocycles. The molecule has 0 radical (unpaired) electrons. The molecule has 2 aliphatic rings. The van der Waals surface area contributed by atoms with Crippen molar-refractivity contribution in [3.05, 3.63) is 65.7 Å². The van der Waals surface area contributed by atoms with E-state index in [1.165, 1.54) is 16.8 Å². The van der Waals surface area contributed by atoms with Crippen LogP contribution in [-0.2, 0) is 13.1 Å². The normalized spacial score (nSPS) is 21.7. The molecule has 0 N–H and O–H groups in total. The molecule has 4 rings (SSSR count). The van der Waals surface area contributed by atoms with Crippen molar-refractivity contribution in [3.8, 4) is 0 Å². The summed E-state index contributed by atoms with van der Waals surface area (Å²) >= 11 is 0. The highest BCUT2D eigenvalue weighted by Gasteiger charge is 2.32. The van der Waals surface area contributed by atoms with Crippen LogP contribution in [0.2, 0.25) is 0 Å². The van der Waals surface area contributed by atoms with Crippen LogP contribution in [0.3, 0.4) is 0 Å². The first kappa shape index (κ1) is 16.6. The largest absolute Gasteiger partial charge is 0.367 e. The number of hydrogen-bond donors (Lipinski definition) is 0. The Bertz CT molecular complexity index is 697. The lowest BCUT2D eigenvalue weighted by atomic mass is 10.1. The summed E-state index contributed by atoms with van der Waals surface area (Å²) in [4.78, 5) is 7.93. The van der Waals surface area contributed by atoms with Gasteiger partial charge in [0, 0.05) is 57.0 Å². The molecule has 3 nitrogen and oxygen atoms in total. The molecule has 2 heterocycles. The highest BCUT2D eigenvalue weighted by Crippen LogP contribution is 2.30. The standard InChI is InChI=1S/C22H29N3/c1-18(2)25-17-21-16-23(14-19-8-4-3-5-9-19)12-13-24(21)15-20-10-6-7-11-22(20)25/h3-11,18,21H,12-17H2,1-2H3. The van der Waals surface area contributed by atoms with Crippen molar-refractivity contribution in [2.45, 2.75) is 39.0 Å². The molecular weight excluding hydrogens is 306 g/mol. The second-order valence-electron chi connectivity index (χ2n) is 7.72. The van der Waals surface area contributed by atoms with E-state index in [9.17, 15) is 0 Å². The fraction of sp³-hybridized carbons (Fsp3) is 0.455. The van der Waals surface area contributed by atoms with Crippen LogP contribution in [0.4, 0.5) is 5.69 Å². The van der Waals surface area contributed by atoms with Crippen molar-refractivity contribution in [2.75, 3.05) is 31.1 Å². The molecule has 0 saturated carbocycles. The zero-order valence-corrected chi connectivity index (χ0v) is 15.4. The van der Waals surface area contributed by atoms with Gasteiger partial charge in [-0.1, -0.05) is 48.5 Å². The van der Waals surface area contributed by atoms with E-state index in [2.05, 4.69) is 83.1 Å². The fourth-order valence-corrected chi connectivity index (χ4v) is 4.28. The Morgan fingerprint density at radius 2 is 1.68 bits per heavy atom. The van der Waals surface area contributed by atoms with E-state index >= 15 is 0 Å². The summed E-state index contributed by atoms with van der Waals surface area (Å²) in [6, 6.07) is 21.0. The fourth-order valence-electron chi connectivity index (χ4n) is 4.28. The quantitative estimate of drug-likeness (QED) is 0.848. The predicted molar refractivity (Wildman–Crippen MR) is 105 cm³/mol. The third-order valence-corrected chi connectivity index (χ3v) is 5.64. The monoisotopic (exact) mass is 335 g/mol. The van der Waals surface area contributed by atoms with E-state index in [1.54, 1.807) is 0 Å². The Morgan fingerprint density at radius 3 is 2.48 bits per heavy atom. The molecule has 0 spiro atoms. The van der Waals surface area contributed by atoms with Crippen LogP contribution < -0.4 is 4.90 Å². The summed E-state index contributed by atoms with van der Waals surface area (Å²) in [7, 11) is 0. The first-order chi connectivity index (χ1) is 12.2. The molecule has 25 heavy (non-hydrogen) atoms. The molecule has 1 atom stereocenters. The average Bonchev–Trinajstić information content (AvgIpc) is 2.79. The first-order valence-electron chi connectivity index (χ1n) is 9.55. The second kappa shape index (κ2) is 7.19. The lowest BCUT2D eigenvalue weighted by molar-refractivity contribution is 0.0696. The number of rotatable bonds is 3. The smallest absolute Gasteiger partial charge is 0.0414 e. The molecule has 132 valence electrons.